The smallest absolute Gasteiger partial charge is 0.223 e. The SMILES string of the molecule is CCS(=O)(=O)N1CCC(C(=O)NCc2ccc(Cl)s2)CC1. The van der Waals surface area contributed by atoms with Crippen LogP contribution in [0.1, 0.15) is 24.6 Å². The zero-order chi connectivity index (χ0) is 15.5. The largest absolute Gasteiger partial charge is 0.351 e. The molecule has 118 valence electrons. The summed E-state index contributed by atoms with van der Waals surface area (Å²) in [6.07, 6.45) is 1.16. The van der Waals surface area contributed by atoms with Crippen molar-refractivity contribution < 1.29 is 13.2 Å². The number of nitrogens with zero attached hydrogens (tertiary/aromatic N) is 1. The first-order valence-electron chi connectivity index (χ1n) is 6.92. The Bertz CT molecular complexity index is 592. The monoisotopic (exact) mass is 350 g/mol. The zero-order valence-corrected chi connectivity index (χ0v) is 14.2. The molecule has 0 unspecified atom stereocenters. The molecule has 0 aromatic carbocycles. The zero-order valence-electron chi connectivity index (χ0n) is 11.8. The lowest BCUT2D eigenvalue weighted by molar-refractivity contribution is -0.126. The first-order valence-corrected chi connectivity index (χ1v) is 9.72. The molecule has 1 aromatic rings. The normalized spacial score (nSPS) is 17.8. The summed E-state index contributed by atoms with van der Waals surface area (Å²) >= 11 is 7.29. The summed E-state index contributed by atoms with van der Waals surface area (Å²) in [7, 11) is -3.13. The molecule has 1 aliphatic heterocycles. The van der Waals surface area contributed by atoms with E-state index in [4.69, 9.17) is 11.6 Å². The molecule has 1 aliphatic rings. The van der Waals surface area contributed by atoms with Crippen LogP contribution in [0.15, 0.2) is 12.1 Å². The fourth-order valence-corrected chi connectivity index (χ4v) is 4.50. The van der Waals surface area contributed by atoms with Crippen molar-refractivity contribution >= 4 is 38.9 Å². The van der Waals surface area contributed by atoms with Gasteiger partial charge in [-0.25, -0.2) is 12.7 Å². The molecule has 0 atom stereocenters. The molecule has 0 saturated carbocycles. The van der Waals surface area contributed by atoms with E-state index in [2.05, 4.69) is 5.32 Å². The molecule has 1 N–H and O–H groups in total. The van der Waals surface area contributed by atoms with Gasteiger partial charge < -0.3 is 5.32 Å². The van der Waals surface area contributed by atoms with Gasteiger partial charge in [0, 0.05) is 23.9 Å². The van der Waals surface area contributed by atoms with E-state index in [-0.39, 0.29) is 17.6 Å². The Kier molecular flexibility index (Phi) is 5.65. The molecule has 0 aliphatic carbocycles. The Balaban J connectivity index is 1.80. The number of hydrogen-bond acceptors (Lipinski definition) is 4. The number of thiophene rings is 1. The molecule has 21 heavy (non-hydrogen) atoms. The Morgan fingerprint density at radius 1 is 1.43 bits per heavy atom. The van der Waals surface area contributed by atoms with Gasteiger partial charge in [0.25, 0.3) is 0 Å². The first-order chi connectivity index (χ1) is 9.92. The maximum Gasteiger partial charge on any atom is 0.223 e. The van der Waals surface area contributed by atoms with E-state index >= 15 is 0 Å². The fourth-order valence-electron chi connectivity index (χ4n) is 2.34. The standard InChI is InChI=1S/C13H19ClN2O3S2/c1-2-21(18,19)16-7-5-10(6-8-16)13(17)15-9-11-3-4-12(14)20-11/h3-4,10H,2,5-9H2,1H3,(H,15,17). The molecule has 1 saturated heterocycles. The van der Waals surface area contributed by atoms with E-state index in [0.29, 0.717) is 36.8 Å². The molecule has 1 amide bonds. The van der Waals surface area contributed by atoms with Gasteiger partial charge in [0.05, 0.1) is 16.6 Å². The number of amides is 1. The Morgan fingerprint density at radius 3 is 2.62 bits per heavy atom. The Labute approximate surface area is 134 Å². The lowest BCUT2D eigenvalue weighted by Gasteiger charge is -2.30. The third-order valence-electron chi connectivity index (χ3n) is 3.65. The van der Waals surface area contributed by atoms with Crippen molar-refractivity contribution in [2.24, 2.45) is 5.92 Å². The Morgan fingerprint density at radius 2 is 2.10 bits per heavy atom. The molecule has 1 fully saturated rings. The average molecular weight is 351 g/mol. The van der Waals surface area contributed by atoms with E-state index in [0.717, 1.165) is 4.88 Å². The Hall–Kier alpha value is -0.630. The van der Waals surface area contributed by atoms with Crippen molar-refractivity contribution in [3.05, 3.63) is 21.3 Å². The van der Waals surface area contributed by atoms with Crippen LogP contribution >= 0.6 is 22.9 Å². The second-order valence-electron chi connectivity index (χ2n) is 5.00. The summed E-state index contributed by atoms with van der Waals surface area (Å²) in [5.74, 6) is 0.0000220. The number of carbonyl (C=O) groups is 1. The van der Waals surface area contributed by atoms with Crippen molar-refractivity contribution in [3.8, 4) is 0 Å². The summed E-state index contributed by atoms with van der Waals surface area (Å²) in [6.45, 7) is 2.97. The highest BCUT2D eigenvalue weighted by Crippen LogP contribution is 2.22. The first kappa shape index (κ1) is 16.7. The van der Waals surface area contributed by atoms with Crippen molar-refractivity contribution in [1.29, 1.82) is 0 Å². The molecule has 1 aromatic heterocycles. The molecular weight excluding hydrogens is 332 g/mol. The predicted molar refractivity (Wildman–Crippen MR) is 84.9 cm³/mol. The summed E-state index contributed by atoms with van der Waals surface area (Å²) < 4.78 is 25.7. The van der Waals surface area contributed by atoms with Crippen LogP contribution in [-0.2, 0) is 21.4 Å². The average Bonchev–Trinajstić information content (AvgIpc) is 2.90. The maximum atomic E-state index is 12.1. The minimum atomic E-state index is -3.13. The van der Waals surface area contributed by atoms with Crippen LogP contribution in [0.4, 0.5) is 0 Å². The van der Waals surface area contributed by atoms with Crippen LogP contribution in [0.5, 0.6) is 0 Å². The van der Waals surface area contributed by atoms with Crippen LogP contribution < -0.4 is 5.32 Å². The highest BCUT2D eigenvalue weighted by molar-refractivity contribution is 7.89. The number of nitrogens with one attached hydrogen (secondary N) is 1. The number of carbonyl (C=O) groups excluding carboxylic acids is 1. The van der Waals surface area contributed by atoms with Gasteiger partial charge in [-0.1, -0.05) is 11.6 Å². The summed E-state index contributed by atoms with van der Waals surface area (Å²) in [5, 5.41) is 2.89. The van der Waals surface area contributed by atoms with Crippen molar-refractivity contribution in [1.82, 2.24) is 9.62 Å². The highest BCUT2D eigenvalue weighted by Gasteiger charge is 2.29. The highest BCUT2D eigenvalue weighted by atomic mass is 35.5. The topological polar surface area (TPSA) is 66.5 Å². The van der Waals surface area contributed by atoms with Gasteiger partial charge >= 0.3 is 0 Å². The molecule has 2 heterocycles. The predicted octanol–water partition coefficient (Wildman–Crippen LogP) is 2.08. The third kappa shape index (κ3) is 4.42. The van der Waals surface area contributed by atoms with E-state index in [9.17, 15) is 13.2 Å². The third-order valence-corrected chi connectivity index (χ3v) is 6.76. The van der Waals surface area contributed by atoms with E-state index < -0.39 is 10.0 Å². The lowest BCUT2D eigenvalue weighted by atomic mass is 9.97. The fraction of sp³-hybridized carbons (Fsp3) is 0.615. The number of sulfonamides is 1. The molecule has 0 spiro atoms. The second-order valence-corrected chi connectivity index (χ2v) is 9.05. The number of piperidine rings is 1. The molecule has 0 radical (unpaired) electrons. The van der Waals surface area contributed by atoms with Gasteiger partial charge in [-0.2, -0.15) is 0 Å². The van der Waals surface area contributed by atoms with Crippen LogP contribution in [0, 0.1) is 5.92 Å². The van der Waals surface area contributed by atoms with E-state index in [1.165, 1.54) is 15.6 Å². The molecule has 5 nitrogen and oxygen atoms in total. The van der Waals surface area contributed by atoms with Gasteiger partial charge in [-0.05, 0) is 31.9 Å². The molecule has 8 heteroatoms. The number of halogens is 1. The van der Waals surface area contributed by atoms with Crippen molar-refractivity contribution in [2.75, 3.05) is 18.8 Å². The van der Waals surface area contributed by atoms with E-state index in [1.807, 2.05) is 12.1 Å². The van der Waals surface area contributed by atoms with Crippen molar-refractivity contribution in [3.63, 3.8) is 0 Å². The molecule has 2 rings (SSSR count). The second kappa shape index (κ2) is 7.09. The summed E-state index contributed by atoms with van der Waals surface area (Å²) in [4.78, 5) is 13.1. The summed E-state index contributed by atoms with van der Waals surface area (Å²) in [5.41, 5.74) is 0. The van der Waals surface area contributed by atoms with Crippen LogP contribution in [0.2, 0.25) is 4.34 Å². The van der Waals surface area contributed by atoms with Crippen LogP contribution in [0.3, 0.4) is 0 Å². The molecular formula is C13H19ClN2O3S2. The number of rotatable bonds is 5. The summed E-state index contributed by atoms with van der Waals surface area (Å²) in [6, 6.07) is 3.70. The quantitative estimate of drug-likeness (QED) is 0.884. The van der Waals surface area contributed by atoms with Gasteiger partial charge in [-0.15, -0.1) is 11.3 Å². The minimum absolute atomic E-state index is 0.00642. The van der Waals surface area contributed by atoms with E-state index in [1.54, 1.807) is 6.92 Å². The lowest BCUT2D eigenvalue weighted by Crippen LogP contribution is -2.43. The van der Waals surface area contributed by atoms with Gasteiger partial charge in [-0.3, -0.25) is 4.79 Å². The maximum absolute atomic E-state index is 12.1. The van der Waals surface area contributed by atoms with Crippen LogP contribution in [0.25, 0.3) is 0 Å². The van der Waals surface area contributed by atoms with Crippen LogP contribution in [-0.4, -0.2) is 37.5 Å². The van der Waals surface area contributed by atoms with Gasteiger partial charge in [0.2, 0.25) is 15.9 Å². The van der Waals surface area contributed by atoms with Gasteiger partial charge in [0.15, 0.2) is 0 Å². The number of hydrogen-bond donors (Lipinski definition) is 1. The molecule has 0 bridgehead atoms. The van der Waals surface area contributed by atoms with Gasteiger partial charge in [0.1, 0.15) is 0 Å². The minimum Gasteiger partial charge on any atom is -0.351 e. The van der Waals surface area contributed by atoms with Crippen molar-refractivity contribution in [2.45, 2.75) is 26.3 Å².